The van der Waals surface area contributed by atoms with Gasteiger partial charge in [-0.15, -0.1) is 0 Å². The fraction of sp³-hybridized carbons (Fsp3) is 0.588. The Balaban J connectivity index is 1.86. The second-order valence-corrected chi connectivity index (χ2v) is 6.69. The van der Waals surface area contributed by atoms with Crippen molar-refractivity contribution < 1.29 is 9.53 Å². The van der Waals surface area contributed by atoms with E-state index in [0.717, 1.165) is 25.2 Å². The van der Waals surface area contributed by atoms with E-state index in [1.54, 1.807) is 0 Å². The molecule has 1 aromatic rings. The summed E-state index contributed by atoms with van der Waals surface area (Å²) in [6.45, 7) is 8.99. The summed E-state index contributed by atoms with van der Waals surface area (Å²) in [7, 11) is 0. The second kappa shape index (κ2) is 7.61. The van der Waals surface area contributed by atoms with Gasteiger partial charge in [-0.25, -0.2) is 4.79 Å². The highest BCUT2D eigenvalue weighted by atomic mass is 16.6. The molecule has 0 bridgehead atoms. The molecule has 0 aromatic heterocycles. The average molecular weight is 305 g/mol. The topological polar surface area (TPSA) is 62.4 Å². The molecule has 0 aliphatic carbocycles. The molecule has 0 spiro atoms. The summed E-state index contributed by atoms with van der Waals surface area (Å²) in [5, 5.41) is 9.73. The van der Waals surface area contributed by atoms with Crippen molar-refractivity contribution in [3.05, 3.63) is 35.4 Å². The lowest BCUT2D eigenvalue weighted by molar-refractivity contribution is 0.0523. The van der Waals surface area contributed by atoms with E-state index in [2.05, 4.69) is 22.0 Å². The summed E-state index contributed by atoms with van der Waals surface area (Å²) in [4.78, 5) is 11.8. The number of nitrogens with one attached hydrogen (secondary N) is 3. The van der Waals surface area contributed by atoms with Gasteiger partial charge in [0, 0.05) is 25.7 Å². The Morgan fingerprint density at radius 2 is 1.95 bits per heavy atom. The van der Waals surface area contributed by atoms with Gasteiger partial charge in [0.15, 0.2) is 0 Å². The standard InChI is InChI=1S/C17H27N3O2/c1-17(2,3)22-16(21)20-11-14-7-5-4-6-13(14)10-19-15-8-9-18-12-15/h4-7,15,18-19H,8-12H2,1-3H3,(H,20,21). The van der Waals surface area contributed by atoms with Crippen LogP contribution in [0.3, 0.4) is 0 Å². The number of amides is 1. The van der Waals surface area contributed by atoms with Crippen LogP contribution < -0.4 is 16.0 Å². The van der Waals surface area contributed by atoms with E-state index in [0.29, 0.717) is 12.6 Å². The minimum atomic E-state index is -0.472. The molecule has 2 rings (SSSR count). The van der Waals surface area contributed by atoms with E-state index in [1.807, 2.05) is 39.0 Å². The first-order valence-corrected chi connectivity index (χ1v) is 7.92. The van der Waals surface area contributed by atoms with Crippen LogP contribution in [0.5, 0.6) is 0 Å². The van der Waals surface area contributed by atoms with Crippen LogP contribution in [0.2, 0.25) is 0 Å². The Morgan fingerprint density at radius 3 is 2.55 bits per heavy atom. The van der Waals surface area contributed by atoms with Crippen molar-refractivity contribution in [2.24, 2.45) is 0 Å². The molecule has 0 radical (unpaired) electrons. The van der Waals surface area contributed by atoms with Crippen LogP contribution >= 0.6 is 0 Å². The number of benzene rings is 1. The molecule has 0 saturated carbocycles. The Bertz CT molecular complexity index is 491. The largest absolute Gasteiger partial charge is 0.444 e. The zero-order valence-corrected chi connectivity index (χ0v) is 13.7. The minimum absolute atomic E-state index is 0.379. The Labute approximate surface area is 132 Å². The summed E-state index contributed by atoms with van der Waals surface area (Å²) in [6, 6.07) is 8.70. The molecular formula is C17H27N3O2. The molecule has 5 nitrogen and oxygen atoms in total. The lowest BCUT2D eigenvalue weighted by Crippen LogP contribution is -2.33. The zero-order valence-electron chi connectivity index (χ0n) is 13.7. The molecule has 1 unspecified atom stereocenters. The lowest BCUT2D eigenvalue weighted by atomic mass is 10.1. The average Bonchev–Trinajstić information content (AvgIpc) is 2.95. The van der Waals surface area contributed by atoms with Crippen LogP contribution in [0, 0.1) is 0 Å². The zero-order chi connectivity index (χ0) is 16.0. The first-order chi connectivity index (χ1) is 10.4. The van der Waals surface area contributed by atoms with Crippen LogP contribution in [0.1, 0.15) is 38.3 Å². The summed E-state index contributed by atoms with van der Waals surface area (Å²) >= 11 is 0. The van der Waals surface area contributed by atoms with Crippen molar-refractivity contribution in [1.82, 2.24) is 16.0 Å². The molecule has 1 amide bonds. The second-order valence-electron chi connectivity index (χ2n) is 6.69. The molecule has 1 fully saturated rings. The first-order valence-electron chi connectivity index (χ1n) is 7.92. The summed E-state index contributed by atoms with van der Waals surface area (Å²) < 4.78 is 5.27. The van der Waals surface area contributed by atoms with Crippen molar-refractivity contribution in [3.63, 3.8) is 0 Å². The van der Waals surface area contributed by atoms with Gasteiger partial charge < -0.3 is 20.7 Å². The van der Waals surface area contributed by atoms with E-state index >= 15 is 0 Å². The highest BCUT2D eigenvalue weighted by molar-refractivity contribution is 5.67. The summed E-state index contributed by atoms with van der Waals surface area (Å²) in [6.07, 6.45) is 0.786. The van der Waals surface area contributed by atoms with Gasteiger partial charge in [0.1, 0.15) is 5.60 Å². The van der Waals surface area contributed by atoms with Gasteiger partial charge in [0.25, 0.3) is 0 Å². The molecule has 3 N–H and O–H groups in total. The van der Waals surface area contributed by atoms with Gasteiger partial charge in [-0.2, -0.15) is 0 Å². The van der Waals surface area contributed by atoms with Crippen molar-refractivity contribution in [1.29, 1.82) is 0 Å². The summed E-state index contributed by atoms with van der Waals surface area (Å²) in [5.74, 6) is 0. The molecule has 1 atom stereocenters. The number of carbonyl (C=O) groups excluding carboxylic acids is 1. The van der Waals surface area contributed by atoms with E-state index in [1.165, 1.54) is 12.0 Å². The fourth-order valence-corrected chi connectivity index (χ4v) is 2.47. The van der Waals surface area contributed by atoms with Crippen molar-refractivity contribution in [3.8, 4) is 0 Å². The van der Waals surface area contributed by atoms with E-state index in [9.17, 15) is 4.79 Å². The Morgan fingerprint density at radius 1 is 1.27 bits per heavy atom. The molecule has 1 saturated heterocycles. The monoisotopic (exact) mass is 305 g/mol. The first kappa shape index (κ1) is 16.8. The van der Waals surface area contributed by atoms with Gasteiger partial charge in [0.05, 0.1) is 0 Å². The maximum Gasteiger partial charge on any atom is 0.407 e. The number of alkyl carbamates (subject to hydrolysis) is 1. The molecule has 1 aromatic carbocycles. The quantitative estimate of drug-likeness (QED) is 0.780. The molecule has 122 valence electrons. The normalized spacial score (nSPS) is 18.2. The third-order valence-electron chi connectivity index (χ3n) is 3.58. The van der Waals surface area contributed by atoms with Crippen molar-refractivity contribution in [2.45, 2.75) is 51.9 Å². The van der Waals surface area contributed by atoms with Crippen LogP contribution in [0.15, 0.2) is 24.3 Å². The summed E-state index contributed by atoms with van der Waals surface area (Å²) in [5.41, 5.74) is 1.86. The van der Waals surface area contributed by atoms with Crippen molar-refractivity contribution in [2.75, 3.05) is 13.1 Å². The predicted molar refractivity (Wildman–Crippen MR) is 87.6 cm³/mol. The third-order valence-corrected chi connectivity index (χ3v) is 3.58. The number of hydrogen-bond donors (Lipinski definition) is 3. The van der Waals surface area contributed by atoms with Crippen molar-refractivity contribution >= 4 is 6.09 Å². The lowest BCUT2D eigenvalue weighted by Gasteiger charge is -2.20. The van der Waals surface area contributed by atoms with Gasteiger partial charge in [-0.3, -0.25) is 0 Å². The predicted octanol–water partition coefficient (Wildman–Crippen LogP) is 2.16. The maximum absolute atomic E-state index is 11.8. The van der Waals surface area contributed by atoms with E-state index in [4.69, 9.17) is 4.74 Å². The van der Waals surface area contributed by atoms with Gasteiger partial charge in [0.2, 0.25) is 0 Å². The molecule has 5 heteroatoms. The molecule has 1 aliphatic heterocycles. The van der Waals surface area contributed by atoms with Crippen LogP contribution in [-0.4, -0.2) is 30.8 Å². The van der Waals surface area contributed by atoms with E-state index < -0.39 is 5.60 Å². The van der Waals surface area contributed by atoms with Crippen LogP contribution in [0.4, 0.5) is 4.79 Å². The fourth-order valence-electron chi connectivity index (χ4n) is 2.47. The molecule has 1 heterocycles. The van der Waals surface area contributed by atoms with Crippen LogP contribution in [-0.2, 0) is 17.8 Å². The molecule has 22 heavy (non-hydrogen) atoms. The maximum atomic E-state index is 11.8. The number of hydrogen-bond acceptors (Lipinski definition) is 4. The van der Waals surface area contributed by atoms with E-state index in [-0.39, 0.29) is 6.09 Å². The third kappa shape index (κ3) is 5.66. The SMILES string of the molecule is CC(C)(C)OC(=O)NCc1ccccc1CNC1CCNC1. The van der Waals surface area contributed by atoms with Gasteiger partial charge in [-0.1, -0.05) is 24.3 Å². The number of ether oxygens (including phenoxy) is 1. The highest BCUT2D eigenvalue weighted by Crippen LogP contribution is 2.11. The van der Waals surface area contributed by atoms with Gasteiger partial charge >= 0.3 is 6.09 Å². The smallest absolute Gasteiger partial charge is 0.407 e. The van der Waals surface area contributed by atoms with Gasteiger partial charge in [-0.05, 0) is 44.9 Å². The number of rotatable bonds is 5. The Kier molecular flexibility index (Phi) is 5.80. The van der Waals surface area contributed by atoms with Crippen LogP contribution in [0.25, 0.3) is 0 Å². The minimum Gasteiger partial charge on any atom is -0.444 e. The molecule has 1 aliphatic rings. The molecular weight excluding hydrogens is 278 g/mol. The highest BCUT2D eigenvalue weighted by Gasteiger charge is 2.17. The number of carbonyl (C=O) groups is 1. The Hall–Kier alpha value is -1.59.